The molecule has 158 valence electrons. The van der Waals surface area contributed by atoms with Crippen molar-refractivity contribution in [3.05, 3.63) is 66.0 Å². The monoisotopic (exact) mass is 439 g/mol. The molecule has 0 saturated carbocycles. The molecule has 0 saturated heterocycles. The second-order valence-electron chi connectivity index (χ2n) is 6.89. The summed E-state index contributed by atoms with van der Waals surface area (Å²) in [5.41, 5.74) is 2.46. The van der Waals surface area contributed by atoms with Gasteiger partial charge in [0, 0.05) is 23.6 Å². The van der Waals surface area contributed by atoms with E-state index in [1.807, 2.05) is 6.07 Å². The largest absolute Gasteiger partial charge is 0.447 e. The van der Waals surface area contributed by atoms with Gasteiger partial charge in [0.2, 0.25) is 5.78 Å². The van der Waals surface area contributed by atoms with Gasteiger partial charge in [-0.25, -0.2) is 14.8 Å². The molecule has 3 aromatic heterocycles. The molecule has 31 heavy (non-hydrogen) atoms. The molecule has 4 aromatic rings. The lowest BCUT2D eigenvalue weighted by molar-refractivity contribution is 0.0996. The van der Waals surface area contributed by atoms with Crippen LogP contribution in [-0.4, -0.2) is 32.5 Å². The summed E-state index contributed by atoms with van der Waals surface area (Å²) in [7, 11) is 0. The molecule has 10 heteroatoms. The van der Waals surface area contributed by atoms with Crippen LogP contribution in [0.5, 0.6) is 0 Å². The average molecular weight is 440 g/mol. The maximum absolute atomic E-state index is 12.3. The number of ether oxygens (including phenoxy) is 1. The lowest BCUT2D eigenvalue weighted by Crippen LogP contribution is -2.18. The van der Waals surface area contributed by atoms with Gasteiger partial charge in [0.15, 0.2) is 11.0 Å². The lowest BCUT2D eigenvalue weighted by Gasteiger charge is -2.09. The molecule has 9 nitrogen and oxygen atoms in total. The van der Waals surface area contributed by atoms with Crippen LogP contribution in [0.3, 0.4) is 0 Å². The summed E-state index contributed by atoms with van der Waals surface area (Å²) in [6.45, 7) is 3.53. The van der Waals surface area contributed by atoms with Crippen molar-refractivity contribution in [2.75, 3.05) is 10.6 Å². The second-order valence-corrected chi connectivity index (χ2v) is 7.27. The van der Waals surface area contributed by atoms with E-state index >= 15 is 0 Å². The van der Waals surface area contributed by atoms with E-state index in [0.717, 1.165) is 5.56 Å². The number of rotatable bonds is 5. The molecule has 0 unspecified atom stereocenters. The van der Waals surface area contributed by atoms with Gasteiger partial charge in [-0.3, -0.25) is 14.5 Å². The van der Waals surface area contributed by atoms with E-state index in [2.05, 4.69) is 20.6 Å². The van der Waals surface area contributed by atoms with E-state index in [9.17, 15) is 9.59 Å². The van der Waals surface area contributed by atoms with Crippen molar-refractivity contribution < 1.29 is 18.7 Å². The van der Waals surface area contributed by atoms with Crippen LogP contribution in [0.1, 0.15) is 24.4 Å². The smallest absolute Gasteiger partial charge is 0.411 e. The van der Waals surface area contributed by atoms with Crippen molar-refractivity contribution in [2.45, 2.75) is 20.0 Å². The molecule has 0 atom stereocenters. The van der Waals surface area contributed by atoms with Crippen LogP contribution >= 0.6 is 11.6 Å². The molecular weight excluding hydrogens is 422 g/mol. The maximum Gasteiger partial charge on any atom is 0.411 e. The molecule has 0 aliphatic carbocycles. The Hall–Kier alpha value is -3.85. The van der Waals surface area contributed by atoms with Gasteiger partial charge in [-0.1, -0.05) is 12.1 Å². The van der Waals surface area contributed by atoms with Crippen LogP contribution in [-0.2, 0) is 4.74 Å². The number of furan rings is 1. The molecule has 1 aromatic carbocycles. The molecular formula is C21H18ClN5O4. The van der Waals surface area contributed by atoms with E-state index in [1.54, 1.807) is 48.8 Å². The van der Waals surface area contributed by atoms with Crippen LogP contribution < -0.4 is 10.6 Å². The number of anilines is 2. The predicted molar refractivity (Wildman–Crippen MR) is 115 cm³/mol. The Morgan fingerprint density at radius 1 is 1.13 bits per heavy atom. The fourth-order valence-electron chi connectivity index (χ4n) is 2.84. The quantitative estimate of drug-likeness (QED) is 0.459. The minimum absolute atomic E-state index is 0.114. The van der Waals surface area contributed by atoms with Crippen LogP contribution in [0, 0.1) is 0 Å². The van der Waals surface area contributed by atoms with Crippen molar-refractivity contribution in [2.24, 2.45) is 0 Å². The summed E-state index contributed by atoms with van der Waals surface area (Å²) in [4.78, 5) is 32.8. The van der Waals surface area contributed by atoms with Gasteiger partial charge in [-0.05, 0) is 49.7 Å². The molecule has 4 rings (SSSR count). The van der Waals surface area contributed by atoms with Gasteiger partial charge < -0.3 is 14.5 Å². The summed E-state index contributed by atoms with van der Waals surface area (Å²) in [6.07, 6.45) is 4.17. The normalized spacial score (nSPS) is 11.0. The second kappa shape index (κ2) is 8.49. The number of halogens is 1. The summed E-state index contributed by atoms with van der Waals surface area (Å²) in [5, 5.41) is 5.52. The first-order chi connectivity index (χ1) is 14.9. The highest BCUT2D eigenvalue weighted by molar-refractivity contribution is 6.29. The Labute approximate surface area is 182 Å². The molecule has 0 spiro atoms. The molecule has 2 amide bonds. The summed E-state index contributed by atoms with van der Waals surface area (Å²) >= 11 is 5.72. The van der Waals surface area contributed by atoms with E-state index in [-0.39, 0.29) is 17.1 Å². The predicted octanol–water partition coefficient (Wildman–Crippen LogP) is 4.85. The molecule has 0 fully saturated rings. The first kappa shape index (κ1) is 20.4. The zero-order chi connectivity index (χ0) is 22.0. The number of fused-ring (bicyclic) bond motifs is 1. The Morgan fingerprint density at radius 2 is 1.97 bits per heavy atom. The first-order valence-corrected chi connectivity index (χ1v) is 9.75. The minimum atomic E-state index is -0.558. The number of imidazole rings is 1. The fourth-order valence-corrected chi connectivity index (χ4v) is 2.98. The summed E-state index contributed by atoms with van der Waals surface area (Å²) < 4.78 is 11.9. The van der Waals surface area contributed by atoms with E-state index in [0.29, 0.717) is 22.8 Å². The zero-order valence-corrected chi connectivity index (χ0v) is 17.4. The molecule has 3 heterocycles. The number of benzene rings is 1. The molecule has 0 aliphatic heterocycles. The van der Waals surface area contributed by atoms with Crippen LogP contribution in [0.15, 0.2) is 59.4 Å². The van der Waals surface area contributed by atoms with Crippen LogP contribution in [0.2, 0.25) is 5.22 Å². The topological polar surface area (TPSA) is 111 Å². The summed E-state index contributed by atoms with van der Waals surface area (Å²) in [5.74, 6) is 0.158. The maximum atomic E-state index is 12.3. The van der Waals surface area contributed by atoms with Crippen molar-refractivity contribution in [3.8, 4) is 11.3 Å². The number of nitrogens with zero attached hydrogens (tertiary/aromatic N) is 3. The highest BCUT2D eigenvalue weighted by atomic mass is 35.5. The third-order valence-electron chi connectivity index (χ3n) is 4.11. The van der Waals surface area contributed by atoms with Gasteiger partial charge in [-0.15, -0.1) is 0 Å². The van der Waals surface area contributed by atoms with Gasteiger partial charge in [-0.2, -0.15) is 0 Å². The van der Waals surface area contributed by atoms with Crippen LogP contribution in [0.4, 0.5) is 16.2 Å². The van der Waals surface area contributed by atoms with Crippen molar-refractivity contribution in [1.29, 1.82) is 0 Å². The number of carbonyl (C=O) groups excluding carboxylic acids is 2. The minimum Gasteiger partial charge on any atom is -0.447 e. The Balaban J connectivity index is 1.53. The Morgan fingerprint density at radius 3 is 2.71 bits per heavy atom. The van der Waals surface area contributed by atoms with E-state index in [1.165, 1.54) is 18.3 Å². The molecule has 0 bridgehead atoms. The van der Waals surface area contributed by atoms with Crippen LogP contribution in [0.25, 0.3) is 17.0 Å². The summed E-state index contributed by atoms with van der Waals surface area (Å²) in [6, 6.07) is 10.2. The number of hydrogen-bond acceptors (Lipinski definition) is 6. The standard InChI is InChI=1S/C21H18ClN5O4/c1-12(2)30-21(29)25-15-9-23-20-26-16(11-27(20)10-15)13-4-3-5-14(8-13)24-19(28)17-6-7-18(22)31-17/h3-12H,1-2H3,(H,24,28)(H,25,29). The first-order valence-electron chi connectivity index (χ1n) is 9.37. The zero-order valence-electron chi connectivity index (χ0n) is 16.6. The van der Waals surface area contributed by atoms with Gasteiger partial charge in [0.1, 0.15) is 0 Å². The van der Waals surface area contributed by atoms with Gasteiger partial charge in [0.25, 0.3) is 5.91 Å². The van der Waals surface area contributed by atoms with E-state index in [4.69, 9.17) is 20.8 Å². The number of carbonyl (C=O) groups is 2. The Kier molecular flexibility index (Phi) is 5.59. The number of amides is 2. The SMILES string of the molecule is CC(C)OC(=O)Nc1cnc2nc(-c3cccc(NC(=O)c4ccc(Cl)o4)c3)cn2c1. The Bertz CT molecular complexity index is 1260. The van der Waals surface area contributed by atoms with Crippen molar-refractivity contribution >= 4 is 40.8 Å². The third kappa shape index (κ3) is 4.84. The lowest BCUT2D eigenvalue weighted by atomic mass is 10.1. The van der Waals surface area contributed by atoms with Gasteiger partial charge >= 0.3 is 6.09 Å². The average Bonchev–Trinajstić information content (AvgIpc) is 3.33. The molecule has 0 aliphatic rings. The molecule has 2 N–H and O–H groups in total. The van der Waals surface area contributed by atoms with Gasteiger partial charge in [0.05, 0.1) is 23.7 Å². The highest BCUT2D eigenvalue weighted by Gasteiger charge is 2.13. The highest BCUT2D eigenvalue weighted by Crippen LogP contribution is 2.23. The fraction of sp³-hybridized carbons (Fsp3) is 0.143. The van der Waals surface area contributed by atoms with Crippen molar-refractivity contribution in [3.63, 3.8) is 0 Å². The van der Waals surface area contributed by atoms with Crippen molar-refractivity contribution in [1.82, 2.24) is 14.4 Å². The number of hydrogen-bond donors (Lipinski definition) is 2. The molecule has 0 radical (unpaired) electrons. The third-order valence-corrected chi connectivity index (χ3v) is 4.32. The van der Waals surface area contributed by atoms with E-state index < -0.39 is 12.0 Å². The number of nitrogens with one attached hydrogen (secondary N) is 2. The number of aromatic nitrogens is 3.